The average Bonchev–Trinajstić information content (AvgIpc) is 2.29. The number of alkyl carbamates (subject to hydrolysis) is 1. The third-order valence-electron chi connectivity index (χ3n) is 2.51. The van der Waals surface area contributed by atoms with E-state index < -0.39 is 11.9 Å². The first-order valence-electron chi connectivity index (χ1n) is 4.97. The second-order valence-electron chi connectivity index (χ2n) is 3.52. The highest BCUT2D eigenvalue weighted by Gasteiger charge is 2.21. The molecule has 0 bridgehead atoms. The van der Waals surface area contributed by atoms with Gasteiger partial charge in [0, 0.05) is 6.42 Å². The summed E-state index contributed by atoms with van der Waals surface area (Å²) in [5.74, 6) is -0.233. The van der Waals surface area contributed by atoms with E-state index >= 15 is 0 Å². The Morgan fingerprint density at radius 1 is 1.56 bits per heavy atom. The molecule has 2 rings (SSSR count). The molecular weight excluding hydrogens is 213 g/mol. The zero-order valence-corrected chi connectivity index (χ0v) is 8.83. The Labute approximate surface area is 92.4 Å². The molecule has 1 aromatic rings. The maximum absolute atomic E-state index is 13.2. The van der Waals surface area contributed by atoms with Gasteiger partial charge in [0.2, 0.25) is 0 Å². The average molecular weight is 225 g/mol. The molecule has 0 aliphatic carbocycles. The van der Waals surface area contributed by atoms with Crippen molar-refractivity contribution >= 4 is 6.09 Å². The number of ether oxygens (including phenoxy) is 2. The number of cyclic esters (lactones) is 1. The van der Waals surface area contributed by atoms with Crippen LogP contribution in [0.25, 0.3) is 0 Å². The third-order valence-corrected chi connectivity index (χ3v) is 2.51. The lowest BCUT2D eigenvalue weighted by molar-refractivity contribution is 0.115. The van der Waals surface area contributed by atoms with Crippen molar-refractivity contribution in [3.05, 3.63) is 29.6 Å². The number of hydrogen-bond acceptors (Lipinski definition) is 3. The van der Waals surface area contributed by atoms with Crippen LogP contribution in [0.15, 0.2) is 18.2 Å². The lowest BCUT2D eigenvalue weighted by atomic mass is 10.0. The lowest BCUT2D eigenvalue weighted by Crippen LogP contribution is -2.35. The summed E-state index contributed by atoms with van der Waals surface area (Å²) in [5.41, 5.74) is 0.815. The van der Waals surface area contributed by atoms with Crippen LogP contribution < -0.4 is 10.1 Å². The molecule has 1 aliphatic rings. The Balaban J connectivity index is 2.22. The van der Waals surface area contributed by atoms with Crippen molar-refractivity contribution in [2.45, 2.75) is 12.5 Å². The zero-order valence-electron chi connectivity index (χ0n) is 8.83. The minimum atomic E-state index is -0.445. The Hall–Kier alpha value is -1.78. The summed E-state index contributed by atoms with van der Waals surface area (Å²) in [7, 11) is 1.41. The van der Waals surface area contributed by atoms with Gasteiger partial charge in [-0.3, -0.25) is 0 Å². The third kappa shape index (κ3) is 2.08. The fraction of sp³-hybridized carbons (Fsp3) is 0.364. The summed E-state index contributed by atoms with van der Waals surface area (Å²) < 4.78 is 22.8. The molecule has 86 valence electrons. The quantitative estimate of drug-likeness (QED) is 0.837. The van der Waals surface area contributed by atoms with E-state index in [0.717, 1.165) is 5.56 Å². The van der Waals surface area contributed by atoms with Crippen molar-refractivity contribution in [3.63, 3.8) is 0 Å². The van der Waals surface area contributed by atoms with Crippen LogP contribution in [0.5, 0.6) is 5.75 Å². The van der Waals surface area contributed by atoms with Crippen molar-refractivity contribution in [2.24, 2.45) is 0 Å². The van der Waals surface area contributed by atoms with E-state index in [1.54, 1.807) is 12.1 Å². The molecule has 1 atom stereocenters. The highest BCUT2D eigenvalue weighted by atomic mass is 19.1. The fourth-order valence-electron chi connectivity index (χ4n) is 1.67. The number of carbonyl (C=O) groups is 1. The van der Waals surface area contributed by atoms with E-state index in [0.29, 0.717) is 13.0 Å². The number of amides is 1. The van der Waals surface area contributed by atoms with E-state index in [2.05, 4.69) is 5.32 Å². The number of rotatable bonds is 2. The minimum Gasteiger partial charge on any atom is -0.494 e. The summed E-state index contributed by atoms with van der Waals surface area (Å²) in [6, 6.07) is 4.41. The second-order valence-corrected chi connectivity index (χ2v) is 3.52. The van der Waals surface area contributed by atoms with Gasteiger partial charge in [-0.25, -0.2) is 9.18 Å². The monoisotopic (exact) mass is 225 g/mol. The van der Waals surface area contributed by atoms with Crippen LogP contribution in [0.2, 0.25) is 0 Å². The predicted molar refractivity (Wildman–Crippen MR) is 54.8 cm³/mol. The maximum atomic E-state index is 13.2. The summed E-state index contributed by atoms with van der Waals surface area (Å²) in [6.45, 7) is 0.371. The SMILES string of the molecule is COc1cc([C@H]2CCOC(=O)N2)ccc1F. The number of hydrogen-bond donors (Lipinski definition) is 1. The van der Waals surface area contributed by atoms with Crippen LogP contribution >= 0.6 is 0 Å². The van der Waals surface area contributed by atoms with Gasteiger partial charge in [-0.2, -0.15) is 0 Å². The minimum absolute atomic E-state index is 0.143. The Kier molecular flexibility index (Phi) is 2.94. The van der Waals surface area contributed by atoms with Crippen LogP contribution in [0.4, 0.5) is 9.18 Å². The van der Waals surface area contributed by atoms with Gasteiger partial charge in [0.25, 0.3) is 0 Å². The topological polar surface area (TPSA) is 47.6 Å². The molecule has 16 heavy (non-hydrogen) atoms. The first kappa shape index (κ1) is 10.7. The summed E-state index contributed by atoms with van der Waals surface area (Å²) in [6.07, 6.45) is 0.222. The highest BCUT2D eigenvalue weighted by molar-refractivity contribution is 5.68. The standard InChI is InChI=1S/C11H12FNO3/c1-15-10-6-7(2-3-8(10)12)9-4-5-16-11(14)13-9/h2-3,6,9H,4-5H2,1H3,(H,13,14)/t9-/m1/s1. The molecule has 0 radical (unpaired) electrons. The van der Waals surface area contributed by atoms with Crippen molar-refractivity contribution in [2.75, 3.05) is 13.7 Å². The van der Waals surface area contributed by atoms with E-state index in [1.807, 2.05) is 0 Å². The summed E-state index contributed by atoms with van der Waals surface area (Å²) in [4.78, 5) is 11.0. The molecule has 0 spiro atoms. The van der Waals surface area contributed by atoms with Crippen molar-refractivity contribution in [1.82, 2.24) is 5.32 Å². The van der Waals surface area contributed by atoms with E-state index in [9.17, 15) is 9.18 Å². The first-order chi connectivity index (χ1) is 7.70. The van der Waals surface area contributed by atoms with Crippen molar-refractivity contribution < 1.29 is 18.7 Å². The van der Waals surface area contributed by atoms with Gasteiger partial charge in [0.1, 0.15) is 0 Å². The zero-order chi connectivity index (χ0) is 11.5. The Morgan fingerprint density at radius 3 is 3.06 bits per heavy atom. The normalized spacial score (nSPS) is 19.9. The van der Waals surface area contributed by atoms with Crippen molar-refractivity contribution in [3.8, 4) is 5.75 Å². The lowest BCUT2D eigenvalue weighted by Gasteiger charge is -2.23. The molecule has 0 aromatic heterocycles. The molecule has 1 N–H and O–H groups in total. The summed E-state index contributed by atoms with van der Waals surface area (Å²) in [5, 5.41) is 2.66. The Bertz CT molecular complexity index is 408. The van der Waals surface area contributed by atoms with Gasteiger partial charge < -0.3 is 14.8 Å². The first-order valence-corrected chi connectivity index (χ1v) is 4.97. The van der Waals surface area contributed by atoms with Gasteiger partial charge in [-0.1, -0.05) is 6.07 Å². The van der Waals surface area contributed by atoms with E-state index in [1.165, 1.54) is 13.2 Å². The molecule has 5 heteroatoms. The van der Waals surface area contributed by atoms with Crippen LogP contribution in [-0.2, 0) is 4.74 Å². The molecule has 1 aromatic carbocycles. The van der Waals surface area contributed by atoms with Gasteiger partial charge >= 0.3 is 6.09 Å². The molecule has 1 aliphatic heterocycles. The molecule has 0 unspecified atom stereocenters. The van der Waals surface area contributed by atoms with Crippen LogP contribution in [0.1, 0.15) is 18.0 Å². The number of halogens is 1. The maximum Gasteiger partial charge on any atom is 0.407 e. The molecule has 0 saturated carbocycles. The smallest absolute Gasteiger partial charge is 0.407 e. The number of methoxy groups -OCH3 is 1. The van der Waals surface area contributed by atoms with E-state index in [4.69, 9.17) is 9.47 Å². The Morgan fingerprint density at radius 2 is 2.38 bits per heavy atom. The molecular formula is C11H12FNO3. The largest absolute Gasteiger partial charge is 0.494 e. The molecule has 4 nitrogen and oxygen atoms in total. The second kappa shape index (κ2) is 4.38. The van der Waals surface area contributed by atoms with Crippen LogP contribution in [0, 0.1) is 5.82 Å². The molecule has 1 amide bonds. The van der Waals surface area contributed by atoms with Crippen LogP contribution in [0.3, 0.4) is 0 Å². The number of nitrogens with one attached hydrogen (secondary N) is 1. The van der Waals surface area contributed by atoms with Gasteiger partial charge in [0.05, 0.1) is 19.8 Å². The van der Waals surface area contributed by atoms with E-state index in [-0.39, 0.29) is 11.8 Å². The molecule has 1 heterocycles. The summed E-state index contributed by atoms with van der Waals surface area (Å²) >= 11 is 0. The highest BCUT2D eigenvalue weighted by Crippen LogP contribution is 2.25. The van der Waals surface area contributed by atoms with Crippen molar-refractivity contribution in [1.29, 1.82) is 0 Å². The van der Waals surface area contributed by atoms with Gasteiger partial charge in [0.15, 0.2) is 11.6 Å². The fourth-order valence-corrected chi connectivity index (χ4v) is 1.67. The predicted octanol–water partition coefficient (Wildman–Crippen LogP) is 2.01. The molecule has 1 fully saturated rings. The van der Waals surface area contributed by atoms with Gasteiger partial charge in [-0.05, 0) is 17.7 Å². The van der Waals surface area contributed by atoms with Gasteiger partial charge in [-0.15, -0.1) is 0 Å². The number of carbonyl (C=O) groups excluding carboxylic acids is 1. The van der Waals surface area contributed by atoms with Crippen LogP contribution in [-0.4, -0.2) is 19.8 Å². The number of benzene rings is 1. The molecule has 1 saturated heterocycles.